The number of nitrogens with zero attached hydrogens (tertiary/aromatic N) is 4. The average Bonchev–Trinajstić information content (AvgIpc) is 3.28. The van der Waals surface area contributed by atoms with Gasteiger partial charge < -0.3 is 4.46 Å². The van der Waals surface area contributed by atoms with E-state index in [2.05, 4.69) is 82.9 Å². The third-order valence-electron chi connectivity index (χ3n) is 6.50. The van der Waals surface area contributed by atoms with Crippen LogP contribution in [0.15, 0.2) is 60.8 Å². The van der Waals surface area contributed by atoms with Gasteiger partial charge in [-0.05, 0) is 69.9 Å². The maximum atomic E-state index is 10.8. The van der Waals surface area contributed by atoms with Gasteiger partial charge >= 0.3 is 9.41 Å². The van der Waals surface area contributed by atoms with Gasteiger partial charge in [-0.3, -0.25) is 4.90 Å². The van der Waals surface area contributed by atoms with E-state index in [1.54, 1.807) is 0 Å². The number of hydrogen-bond donors (Lipinski definition) is 0. The zero-order valence-electron chi connectivity index (χ0n) is 19.1. The van der Waals surface area contributed by atoms with E-state index in [9.17, 15) is 4.46 Å². The molecule has 167 valence electrons. The van der Waals surface area contributed by atoms with E-state index in [4.69, 9.17) is 0 Å². The Bertz CT molecular complexity index is 1360. The van der Waals surface area contributed by atoms with Crippen LogP contribution in [0, 0.1) is 0 Å². The Balaban J connectivity index is 1.39. The van der Waals surface area contributed by atoms with E-state index >= 15 is 0 Å². The monoisotopic (exact) mass is 453 g/mol. The lowest BCUT2D eigenvalue weighted by atomic mass is 9.92. The second-order valence-electron chi connectivity index (χ2n) is 8.87. The molecule has 4 aromatic carbocycles. The predicted octanol–water partition coefficient (Wildman–Crippen LogP) is 5.68. The second-order valence-corrected chi connectivity index (χ2v) is 9.65. The first-order valence-electron chi connectivity index (χ1n) is 11.9. The average molecular weight is 454 g/mol. The molecule has 33 heavy (non-hydrogen) atoms. The molecule has 1 aromatic heterocycles. The van der Waals surface area contributed by atoms with Crippen molar-refractivity contribution in [2.45, 2.75) is 45.3 Å². The molecule has 0 saturated carbocycles. The maximum Gasteiger partial charge on any atom is 0.325 e. The number of benzene rings is 4. The summed E-state index contributed by atoms with van der Waals surface area (Å²) in [6.07, 6.45) is 5.37. The van der Waals surface area contributed by atoms with Crippen molar-refractivity contribution < 1.29 is 4.46 Å². The maximum absolute atomic E-state index is 10.8. The first-order valence-corrected chi connectivity index (χ1v) is 13.0. The molecule has 1 heterocycles. The number of unbranched alkanes of at least 4 members (excludes halogenated alkanes) is 1. The number of aromatic nitrogens is 3. The molecule has 5 aromatic rings. The Morgan fingerprint density at radius 2 is 1.64 bits per heavy atom. The summed E-state index contributed by atoms with van der Waals surface area (Å²) in [6, 6.07) is 20.7. The van der Waals surface area contributed by atoms with E-state index < -0.39 is 0 Å². The third kappa shape index (κ3) is 4.59. The van der Waals surface area contributed by atoms with Gasteiger partial charge in [-0.15, -0.1) is 5.10 Å². The van der Waals surface area contributed by atoms with Crippen LogP contribution in [0.2, 0.25) is 6.04 Å². The van der Waals surface area contributed by atoms with Gasteiger partial charge in [0.05, 0.1) is 18.4 Å². The molecule has 6 heteroatoms. The number of hydrogen-bond acceptors (Lipinski definition) is 4. The van der Waals surface area contributed by atoms with Crippen molar-refractivity contribution in [2.24, 2.45) is 0 Å². The van der Waals surface area contributed by atoms with Crippen LogP contribution < -0.4 is 0 Å². The molecule has 0 aliphatic rings. The summed E-state index contributed by atoms with van der Waals surface area (Å²) < 4.78 is 12.8. The highest BCUT2D eigenvalue weighted by atomic mass is 28.2. The van der Waals surface area contributed by atoms with E-state index in [0.717, 1.165) is 44.2 Å². The molecule has 0 spiro atoms. The molecule has 0 N–H and O–H groups in total. The highest BCUT2D eigenvalue weighted by Crippen LogP contribution is 2.36. The van der Waals surface area contributed by atoms with Crippen molar-refractivity contribution in [1.82, 2.24) is 19.9 Å². The van der Waals surface area contributed by atoms with Gasteiger partial charge in [0.1, 0.15) is 0 Å². The highest BCUT2D eigenvalue weighted by molar-refractivity contribution is 6.23. The van der Waals surface area contributed by atoms with E-state index in [1.165, 1.54) is 44.3 Å². The fourth-order valence-corrected chi connectivity index (χ4v) is 5.15. The van der Waals surface area contributed by atoms with E-state index in [0.29, 0.717) is 6.54 Å². The molecular weight excluding hydrogens is 424 g/mol. The Kier molecular flexibility index (Phi) is 6.55. The fraction of sp³-hybridized carbons (Fsp3) is 0.333. The minimum Gasteiger partial charge on any atom is -0.385 e. The summed E-state index contributed by atoms with van der Waals surface area (Å²) in [7, 11) is -0.210. The highest BCUT2D eigenvalue weighted by Gasteiger charge is 2.13. The lowest BCUT2D eigenvalue weighted by Gasteiger charge is -2.20. The summed E-state index contributed by atoms with van der Waals surface area (Å²) in [5.74, 6) is 0. The van der Waals surface area contributed by atoms with Crippen molar-refractivity contribution in [1.29, 1.82) is 0 Å². The zero-order chi connectivity index (χ0) is 22.6. The zero-order valence-corrected chi connectivity index (χ0v) is 20.1. The lowest BCUT2D eigenvalue weighted by molar-refractivity contribution is 0.258. The summed E-state index contributed by atoms with van der Waals surface area (Å²) in [4.78, 5) is 2.41. The molecule has 0 aliphatic carbocycles. The van der Waals surface area contributed by atoms with Crippen molar-refractivity contribution in [3.8, 4) is 0 Å². The molecule has 0 saturated heterocycles. The first kappa shape index (κ1) is 21.9. The van der Waals surface area contributed by atoms with Crippen molar-refractivity contribution in [3.05, 3.63) is 72.1 Å². The van der Waals surface area contributed by atoms with Crippen molar-refractivity contribution in [2.75, 3.05) is 13.1 Å². The largest absolute Gasteiger partial charge is 0.385 e. The molecule has 0 aliphatic heterocycles. The predicted molar refractivity (Wildman–Crippen MR) is 135 cm³/mol. The summed E-state index contributed by atoms with van der Waals surface area (Å²) in [5, 5.41) is 16.7. The summed E-state index contributed by atoms with van der Waals surface area (Å²) >= 11 is 0. The third-order valence-corrected chi connectivity index (χ3v) is 7.06. The SMILES string of the molecule is CCCCN(CCC[Si]=O)Cc1cn(Cc2ccc3ccc4cccc5ccc2c3c45)nn1. The minimum atomic E-state index is -0.210. The Labute approximate surface area is 196 Å². The van der Waals surface area contributed by atoms with Crippen molar-refractivity contribution in [3.63, 3.8) is 0 Å². The van der Waals surface area contributed by atoms with Gasteiger partial charge in [0.15, 0.2) is 0 Å². The van der Waals surface area contributed by atoms with Crippen LogP contribution >= 0.6 is 0 Å². The van der Waals surface area contributed by atoms with Crippen LogP contribution in [-0.2, 0) is 17.6 Å². The standard InChI is InChI=1S/C27H29N4OSi/c1-2-3-14-30(15-5-16-33-32)18-24-19-31(29-28-24)17-23-11-10-22-9-8-20-6-4-7-21-12-13-25(23)27(22)26(20)21/h4,6-13,19H,2-3,5,14-18H2,1H3. The molecule has 0 bridgehead atoms. The van der Waals surface area contributed by atoms with Crippen LogP contribution in [0.1, 0.15) is 37.4 Å². The molecule has 5 nitrogen and oxygen atoms in total. The van der Waals surface area contributed by atoms with Crippen LogP contribution in [0.3, 0.4) is 0 Å². The topological polar surface area (TPSA) is 51.0 Å². The first-order chi connectivity index (χ1) is 16.3. The van der Waals surface area contributed by atoms with Gasteiger partial charge in [0.25, 0.3) is 0 Å². The molecule has 0 atom stereocenters. The van der Waals surface area contributed by atoms with Gasteiger partial charge in [-0.25, -0.2) is 4.68 Å². The van der Waals surface area contributed by atoms with Crippen LogP contribution in [0.4, 0.5) is 0 Å². The van der Waals surface area contributed by atoms with Gasteiger partial charge in [0.2, 0.25) is 0 Å². The lowest BCUT2D eigenvalue weighted by Crippen LogP contribution is -2.25. The second kappa shape index (κ2) is 9.89. The normalized spacial score (nSPS) is 11.9. The molecular formula is C27H29N4OSi. The van der Waals surface area contributed by atoms with Gasteiger partial charge in [-0.2, -0.15) is 0 Å². The Morgan fingerprint density at radius 3 is 2.42 bits per heavy atom. The molecule has 0 unspecified atom stereocenters. The molecule has 0 amide bonds. The van der Waals surface area contributed by atoms with E-state index in [-0.39, 0.29) is 9.41 Å². The minimum absolute atomic E-state index is 0.210. The Morgan fingerprint density at radius 1 is 0.909 bits per heavy atom. The molecule has 1 radical (unpaired) electrons. The fourth-order valence-electron chi connectivity index (χ4n) is 4.85. The quantitative estimate of drug-likeness (QED) is 0.147. The molecule has 0 fully saturated rings. The van der Waals surface area contributed by atoms with Crippen molar-refractivity contribution >= 4 is 41.7 Å². The van der Waals surface area contributed by atoms with Crippen LogP contribution in [-0.4, -0.2) is 42.4 Å². The Hall–Kier alpha value is -2.96. The summed E-state index contributed by atoms with van der Waals surface area (Å²) in [6.45, 7) is 5.70. The van der Waals surface area contributed by atoms with E-state index in [1.807, 2.05) is 4.68 Å². The van der Waals surface area contributed by atoms with Crippen LogP contribution in [0.5, 0.6) is 0 Å². The number of rotatable bonds is 11. The van der Waals surface area contributed by atoms with Gasteiger partial charge in [0, 0.05) is 6.54 Å². The summed E-state index contributed by atoms with van der Waals surface area (Å²) in [5.41, 5.74) is 2.25. The molecule has 5 rings (SSSR count). The smallest absolute Gasteiger partial charge is 0.325 e. The van der Waals surface area contributed by atoms with Gasteiger partial charge in [-0.1, -0.05) is 73.2 Å². The van der Waals surface area contributed by atoms with Crippen LogP contribution in [0.25, 0.3) is 32.3 Å².